The summed E-state index contributed by atoms with van der Waals surface area (Å²) in [4.78, 5) is 0. The molecule has 0 amide bonds. The Hall–Kier alpha value is -1.26. The van der Waals surface area contributed by atoms with E-state index in [0.29, 0.717) is 12.2 Å². The molecule has 3 nitrogen and oxygen atoms in total. The molecule has 1 aromatic carbocycles. The van der Waals surface area contributed by atoms with Crippen molar-refractivity contribution in [3.8, 4) is 0 Å². The van der Waals surface area contributed by atoms with Crippen molar-refractivity contribution >= 4 is 28.9 Å². The number of anilines is 1. The second-order valence-electron chi connectivity index (χ2n) is 3.80. The Morgan fingerprint density at radius 3 is 2.56 bits per heavy atom. The quantitative estimate of drug-likeness (QED) is 0.922. The molecule has 0 aliphatic carbocycles. The number of aromatic nitrogens is 2. The Morgan fingerprint density at radius 1 is 1.33 bits per heavy atom. The second-order valence-corrected chi connectivity index (χ2v) is 4.62. The van der Waals surface area contributed by atoms with Crippen molar-refractivity contribution in [1.29, 1.82) is 0 Å². The molecule has 0 atom stereocenters. The lowest BCUT2D eigenvalue weighted by molar-refractivity contribution is 0.628. The molecule has 0 bridgehead atoms. The summed E-state index contributed by atoms with van der Waals surface area (Å²) >= 11 is 11.9. The van der Waals surface area contributed by atoms with Crippen molar-refractivity contribution in [1.82, 2.24) is 9.78 Å². The molecule has 0 radical (unpaired) electrons. The van der Waals surface area contributed by atoms with Gasteiger partial charge in [-0.3, -0.25) is 4.68 Å². The maximum atomic E-state index is 13.0. The molecule has 1 heterocycles. The average Bonchev–Trinajstić information content (AvgIpc) is 2.75. The van der Waals surface area contributed by atoms with Gasteiger partial charge in [0.05, 0.1) is 21.9 Å². The van der Waals surface area contributed by atoms with Crippen LogP contribution in [0.4, 0.5) is 10.1 Å². The SMILES string of the molecule is CCn1cc(CNc2c(Cl)cc(F)cc2Cl)cn1. The number of benzene rings is 1. The molecule has 2 rings (SSSR count). The zero-order valence-corrected chi connectivity index (χ0v) is 11.3. The highest BCUT2D eigenvalue weighted by Gasteiger charge is 2.08. The highest BCUT2D eigenvalue weighted by molar-refractivity contribution is 6.39. The van der Waals surface area contributed by atoms with Crippen molar-refractivity contribution in [2.24, 2.45) is 0 Å². The van der Waals surface area contributed by atoms with Crippen LogP contribution >= 0.6 is 23.2 Å². The van der Waals surface area contributed by atoms with E-state index < -0.39 is 5.82 Å². The summed E-state index contributed by atoms with van der Waals surface area (Å²) in [5, 5.41) is 7.77. The summed E-state index contributed by atoms with van der Waals surface area (Å²) < 4.78 is 14.8. The van der Waals surface area contributed by atoms with Crippen LogP contribution in [0.15, 0.2) is 24.5 Å². The minimum atomic E-state index is -0.450. The Morgan fingerprint density at radius 2 is 2.00 bits per heavy atom. The van der Waals surface area contributed by atoms with Crippen molar-refractivity contribution in [3.05, 3.63) is 46.0 Å². The van der Waals surface area contributed by atoms with Gasteiger partial charge in [-0.05, 0) is 19.1 Å². The summed E-state index contributed by atoms with van der Waals surface area (Å²) in [5.74, 6) is -0.450. The molecule has 0 fully saturated rings. The molecule has 0 aliphatic rings. The third kappa shape index (κ3) is 2.94. The molecular formula is C12H12Cl2FN3. The monoisotopic (exact) mass is 287 g/mol. The molecule has 0 spiro atoms. The predicted octanol–water partition coefficient (Wildman–Crippen LogP) is 3.96. The molecule has 0 aliphatic heterocycles. The molecule has 0 unspecified atom stereocenters. The summed E-state index contributed by atoms with van der Waals surface area (Å²) in [7, 11) is 0. The summed E-state index contributed by atoms with van der Waals surface area (Å²) in [6, 6.07) is 2.45. The van der Waals surface area contributed by atoms with Gasteiger partial charge in [0.1, 0.15) is 5.82 Å². The van der Waals surface area contributed by atoms with Gasteiger partial charge in [0.25, 0.3) is 0 Å². The van der Waals surface area contributed by atoms with Crippen LogP contribution in [0.2, 0.25) is 10.0 Å². The fourth-order valence-electron chi connectivity index (χ4n) is 1.57. The summed E-state index contributed by atoms with van der Waals surface area (Å²) in [6.45, 7) is 3.36. The van der Waals surface area contributed by atoms with E-state index in [0.717, 1.165) is 12.1 Å². The lowest BCUT2D eigenvalue weighted by Gasteiger charge is -2.09. The maximum Gasteiger partial charge on any atom is 0.126 e. The van der Waals surface area contributed by atoms with Crippen LogP contribution in [0, 0.1) is 5.82 Å². The lowest BCUT2D eigenvalue weighted by Crippen LogP contribution is -2.00. The average molecular weight is 288 g/mol. The van der Waals surface area contributed by atoms with Crippen LogP contribution < -0.4 is 5.32 Å². The molecule has 0 saturated carbocycles. The van der Waals surface area contributed by atoms with Crippen molar-refractivity contribution in [2.75, 3.05) is 5.32 Å². The van der Waals surface area contributed by atoms with Crippen LogP contribution in [0.5, 0.6) is 0 Å². The smallest absolute Gasteiger partial charge is 0.126 e. The number of hydrogen-bond donors (Lipinski definition) is 1. The number of aryl methyl sites for hydroxylation is 1. The van der Waals surface area contributed by atoms with Gasteiger partial charge in [0.15, 0.2) is 0 Å². The number of hydrogen-bond acceptors (Lipinski definition) is 2. The highest BCUT2D eigenvalue weighted by Crippen LogP contribution is 2.31. The van der Waals surface area contributed by atoms with Gasteiger partial charge in [-0.1, -0.05) is 23.2 Å². The Kier molecular flexibility index (Phi) is 4.09. The van der Waals surface area contributed by atoms with Crippen LogP contribution in [0.25, 0.3) is 0 Å². The van der Waals surface area contributed by atoms with Gasteiger partial charge in [-0.15, -0.1) is 0 Å². The van der Waals surface area contributed by atoms with Gasteiger partial charge in [0, 0.05) is 24.8 Å². The van der Waals surface area contributed by atoms with E-state index in [2.05, 4.69) is 10.4 Å². The van der Waals surface area contributed by atoms with Gasteiger partial charge in [-0.2, -0.15) is 5.10 Å². The van der Waals surface area contributed by atoms with Crippen molar-refractivity contribution in [2.45, 2.75) is 20.0 Å². The van der Waals surface area contributed by atoms with E-state index in [4.69, 9.17) is 23.2 Å². The molecule has 96 valence electrons. The zero-order chi connectivity index (χ0) is 13.1. The Bertz CT molecular complexity index is 531. The van der Waals surface area contributed by atoms with Gasteiger partial charge in [-0.25, -0.2) is 4.39 Å². The molecule has 0 saturated heterocycles. The summed E-state index contributed by atoms with van der Waals surface area (Å²) in [5.41, 5.74) is 1.54. The van der Waals surface area contributed by atoms with E-state index in [1.54, 1.807) is 6.20 Å². The van der Waals surface area contributed by atoms with E-state index in [-0.39, 0.29) is 10.0 Å². The van der Waals surface area contributed by atoms with Gasteiger partial charge < -0.3 is 5.32 Å². The molecule has 2 aromatic rings. The van der Waals surface area contributed by atoms with Crippen molar-refractivity contribution < 1.29 is 4.39 Å². The normalized spacial score (nSPS) is 10.7. The number of nitrogens with zero attached hydrogens (tertiary/aromatic N) is 2. The van der Waals surface area contributed by atoms with Crippen LogP contribution in [0.3, 0.4) is 0 Å². The Balaban J connectivity index is 2.10. The molecule has 6 heteroatoms. The zero-order valence-electron chi connectivity index (χ0n) is 9.75. The third-order valence-electron chi connectivity index (χ3n) is 2.49. The first kappa shape index (κ1) is 13.2. The minimum Gasteiger partial charge on any atom is -0.378 e. The molecule has 1 aromatic heterocycles. The molecule has 1 N–H and O–H groups in total. The first-order chi connectivity index (χ1) is 8.60. The van der Waals surface area contributed by atoms with E-state index in [1.807, 2.05) is 17.8 Å². The largest absolute Gasteiger partial charge is 0.378 e. The van der Waals surface area contributed by atoms with E-state index >= 15 is 0 Å². The third-order valence-corrected chi connectivity index (χ3v) is 3.08. The van der Waals surface area contributed by atoms with E-state index in [1.165, 1.54) is 12.1 Å². The maximum absolute atomic E-state index is 13.0. The minimum absolute atomic E-state index is 0.267. The fourth-order valence-corrected chi connectivity index (χ4v) is 2.17. The number of nitrogens with one attached hydrogen (secondary N) is 1. The summed E-state index contributed by atoms with van der Waals surface area (Å²) in [6.07, 6.45) is 3.69. The second kappa shape index (κ2) is 5.59. The first-order valence-electron chi connectivity index (χ1n) is 5.50. The first-order valence-corrected chi connectivity index (χ1v) is 6.25. The van der Waals surface area contributed by atoms with Crippen LogP contribution in [0.1, 0.15) is 12.5 Å². The standard InChI is InChI=1S/C12H12Cl2FN3/c1-2-18-7-8(6-17-18)5-16-12-10(13)3-9(15)4-11(12)14/h3-4,6-7,16H,2,5H2,1H3. The lowest BCUT2D eigenvalue weighted by atomic mass is 10.3. The fraction of sp³-hybridized carbons (Fsp3) is 0.250. The molecule has 18 heavy (non-hydrogen) atoms. The Labute approximate surface area is 115 Å². The van der Waals surface area contributed by atoms with E-state index in [9.17, 15) is 4.39 Å². The number of halogens is 3. The predicted molar refractivity (Wildman–Crippen MR) is 71.6 cm³/mol. The van der Waals surface area contributed by atoms with Crippen LogP contribution in [-0.4, -0.2) is 9.78 Å². The number of rotatable bonds is 4. The van der Waals surface area contributed by atoms with Crippen molar-refractivity contribution in [3.63, 3.8) is 0 Å². The van der Waals surface area contributed by atoms with Gasteiger partial charge in [0.2, 0.25) is 0 Å². The molecular weight excluding hydrogens is 276 g/mol. The van der Waals surface area contributed by atoms with Crippen LogP contribution in [-0.2, 0) is 13.1 Å². The highest BCUT2D eigenvalue weighted by atomic mass is 35.5. The topological polar surface area (TPSA) is 29.9 Å². The van der Waals surface area contributed by atoms with Gasteiger partial charge >= 0.3 is 0 Å².